The van der Waals surface area contributed by atoms with Gasteiger partial charge >= 0.3 is 29.8 Å². The minimum atomic E-state index is -5.66. The van der Waals surface area contributed by atoms with E-state index < -0.39 is 38.4 Å². The highest BCUT2D eigenvalue weighted by Crippen LogP contribution is 2.75. The summed E-state index contributed by atoms with van der Waals surface area (Å²) in [6, 6.07) is 13.3. The van der Waals surface area contributed by atoms with Crippen LogP contribution in [0.3, 0.4) is 0 Å². The van der Waals surface area contributed by atoms with Crippen LogP contribution in [0.1, 0.15) is 180 Å². The number of allylic oxidation sites excluding steroid dienone is 4. The number of hydrogen-bond donors (Lipinski definition) is 4. The van der Waals surface area contributed by atoms with Crippen molar-refractivity contribution in [2.24, 2.45) is 0 Å². The smallest absolute Gasteiger partial charge is 0.380 e. The van der Waals surface area contributed by atoms with E-state index >= 15 is 26.3 Å². The Morgan fingerprint density at radius 3 is 1.05 bits per heavy atom. The lowest BCUT2D eigenvalue weighted by molar-refractivity contribution is -0.258. The van der Waals surface area contributed by atoms with Crippen molar-refractivity contribution in [1.82, 2.24) is 21.3 Å². The van der Waals surface area contributed by atoms with Crippen LogP contribution in [0.2, 0.25) is 0 Å². The van der Waals surface area contributed by atoms with Gasteiger partial charge in [-0.15, -0.1) is 23.5 Å². The Hall–Kier alpha value is -4.18. The Balaban J connectivity index is 0.976. The molecule has 8 nitrogen and oxygen atoms in total. The highest BCUT2D eigenvalue weighted by Gasteiger charge is 2.84. The summed E-state index contributed by atoms with van der Waals surface area (Å²) in [5.74, 6) is -14.9. The lowest BCUT2D eigenvalue weighted by atomic mass is 9.71. The van der Waals surface area contributed by atoms with Crippen LogP contribution < -0.4 is 30.7 Å². The van der Waals surface area contributed by atoms with Gasteiger partial charge in [-0.3, -0.25) is 0 Å². The second kappa shape index (κ2) is 28.4. The molecule has 75 heavy (non-hydrogen) atoms. The molecule has 1 fully saturated rings. The van der Waals surface area contributed by atoms with Crippen LogP contribution in [-0.4, -0.2) is 78.7 Å². The van der Waals surface area contributed by atoms with E-state index in [2.05, 4.69) is 35.1 Å². The van der Waals surface area contributed by atoms with Gasteiger partial charge in [0.15, 0.2) is 0 Å². The third kappa shape index (κ3) is 14.9. The SMILES string of the molecule is CCCCCCCCCCCCNC(=O)NCCCOc1ccc(C2=CC3=C4C(=C5C=C(c6ccc(OCCCNC(=O)NCCCCCCCCCCCC)cc6)SC5(C)C3(C)S2)C(F)(F)C(F)(F)C4(F)F)cc1. The Morgan fingerprint density at radius 1 is 0.440 bits per heavy atom. The van der Waals surface area contributed by atoms with Crippen molar-refractivity contribution in [1.29, 1.82) is 0 Å². The van der Waals surface area contributed by atoms with Crippen molar-refractivity contribution in [2.45, 2.75) is 196 Å². The minimum absolute atomic E-state index is 0.217. The summed E-state index contributed by atoms with van der Waals surface area (Å²) in [5.41, 5.74) is -1.91. The van der Waals surface area contributed by atoms with Gasteiger partial charge < -0.3 is 30.7 Å². The molecule has 0 radical (unpaired) electrons. The number of urea groups is 2. The number of rotatable bonds is 34. The number of hydrogen-bond acceptors (Lipinski definition) is 6. The number of carbonyl (C=O) groups excluding carboxylic acids is 2. The maximum atomic E-state index is 16.0. The van der Waals surface area contributed by atoms with E-state index in [1.54, 1.807) is 62.4 Å². The molecule has 2 aliphatic heterocycles. The van der Waals surface area contributed by atoms with Gasteiger partial charge in [0.25, 0.3) is 0 Å². The quantitative estimate of drug-likeness (QED) is 0.0412. The van der Waals surface area contributed by atoms with E-state index in [4.69, 9.17) is 9.47 Å². The molecule has 6 rings (SSSR count). The zero-order valence-corrected chi connectivity index (χ0v) is 46.4. The number of carbonyl (C=O) groups is 2. The van der Waals surface area contributed by atoms with Gasteiger partial charge in [0, 0.05) is 47.1 Å². The molecule has 0 bridgehead atoms. The fourth-order valence-corrected chi connectivity index (χ4v) is 13.4. The Morgan fingerprint density at radius 2 is 0.733 bits per heavy atom. The molecule has 4 aliphatic rings. The summed E-state index contributed by atoms with van der Waals surface area (Å²) in [5, 5.41) is 11.5. The minimum Gasteiger partial charge on any atom is -0.494 e. The maximum Gasteiger partial charge on any atom is 0.380 e. The van der Waals surface area contributed by atoms with Crippen molar-refractivity contribution >= 4 is 45.4 Å². The van der Waals surface area contributed by atoms with Crippen LogP contribution in [-0.2, 0) is 0 Å². The van der Waals surface area contributed by atoms with Gasteiger partial charge in [-0.2, -0.15) is 26.3 Å². The summed E-state index contributed by atoms with van der Waals surface area (Å²) in [7, 11) is 0. The van der Waals surface area contributed by atoms with Gasteiger partial charge in [-0.1, -0.05) is 154 Å². The van der Waals surface area contributed by atoms with Crippen LogP contribution in [0.4, 0.5) is 35.9 Å². The topological polar surface area (TPSA) is 101 Å². The summed E-state index contributed by atoms with van der Waals surface area (Å²) in [6.07, 6.45) is 28.4. The molecular formula is C59H82F6N4O4S2. The van der Waals surface area contributed by atoms with Crippen molar-refractivity contribution in [3.05, 3.63) is 94.1 Å². The van der Waals surface area contributed by atoms with Crippen molar-refractivity contribution in [3.63, 3.8) is 0 Å². The standard InChI is InChI=1S/C59H82F6N4O4S2/c1-5-7-9-11-13-15-17-19-21-23-35-66-53(70)68-37-25-39-72-45-31-27-43(28-32-45)49-41-47-51-52(58(62,63)59(64,65)57(51,60)61)48-42-50(75-56(48,4)55(47,3)74-49)44-29-33-46(34-30-44)73-40-26-38-69-54(71)67-36-24-22-20-18-16-14-12-10-8-6-2/h27-34,41-42H,5-26,35-40H2,1-4H3,(H2,66,68,70)(H2,67,69,71). The molecule has 2 unspecified atom stereocenters. The number of thioether (sulfide) groups is 2. The summed E-state index contributed by atoms with van der Waals surface area (Å²) < 4.78 is 104. The molecular weight excluding hydrogens is 1010 g/mol. The average Bonchev–Trinajstić information content (AvgIpc) is 3.97. The molecule has 2 aromatic rings. The van der Waals surface area contributed by atoms with E-state index in [1.165, 1.54) is 138 Å². The van der Waals surface area contributed by atoms with E-state index in [-0.39, 0.29) is 23.2 Å². The van der Waals surface area contributed by atoms with E-state index in [0.29, 0.717) is 84.7 Å². The first-order chi connectivity index (χ1) is 36.0. The van der Waals surface area contributed by atoms with Crippen LogP contribution >= 0.6 is 23.5 Å². The first kappa shape index (κ1) is 60.1. The molecule has 2 aliphatic carbocycles. The van der Waals surface area contributed by atoms with Gasteiger partial charge in [0.1, 0.15) is 11.5 Å². The summed E-state index contributed by atoms with van der Waals surface area (Å²) >= 11 is 2.40. The molecule has 2 heterocycles. The van der Waals surface area contributed by atoms with Crippen LogP contribution in [0, 0.1) is 0 Å². The molecule has 4 amide bonds. The average molecular weight is 1090 g/mol. The van der Waals surface area contributed by atoms with E-state index in [9.17, 15) is 9.59 Å². The lowest BCUT2D eigenvalue weighted by Crippen LogP contribution is -2.48. The molecule has 16 heteroatoms. The lowest BCUT2D eigenvalue weighted by Gasteiger charge is -2.47. The molecule has 0 spiro atoms. The Labute approximate surface area is 451 Å². The third-order valence-electron chi connectivity index (χ3n) is 15.0. The monoisotopic (exact) mass is 1090 g/mol. The normalized spacial score (nSPS) is 20.8. The molecule has 416 valence electrons. The van der Waals surface area contributed by atoms with E-state index in [0.717, 1.165) is 25.7 Å². The highest BCUT2D eigenvalue weighted by molar-refractivity contribution is 8.14. The zero-order chi connectivity index (χ0) is 54.0. The highest BCUT2D eigenvalue weighted by atomic mass is 32.2. The summed E-state index contributed by atoms with van der Waals surface area (Å²) in [6.45, 7) is 10.5. The number of unbranched alkanes of at least 4 members (excludes halogenated alkanes) is 18. The third-order valence-corrected chi connectivity index (χ3v) is 18.3. The fraction of sp³-hybridized carbons (Fsp3) is 0.627. The Bertz CT molecular complexity index is 2150. The fourth-order valence-electron chi connectivity index (χ4n) is 10.3. The molecule has 0 aromatic heterocycles. The first-order valence-electron chi connectivity index (χ1n) is 28.0. The van der Waals surface area contributed by atoms with Gasteiger partial charge in [-0.05, 0) is 98.2 Å². The van der Waals surface area contributed by atoms with E-state index in [1.807, 2.05) is 0 Å². The predicted molar refractivity (Wildman–Crippen MR) is 296 cm³/mol. The first-order valence-corrected chi connectivity index (χ1v) is 29.6. The second-order valence-electron chi connectivity index (χ2n) is 20.8. The van der Waals surface area contributed by atoms with Gasteiger partial charge in [-0.25, -0.2) is 9.59 Å². The largest absolute Gasteiger partial charge is 0.494 e. The summed E-state index contributed by atoms with van der Waals surface area (Å²) in [4.78, 5) is 25.5. The van der Waals surface area contributed by atoms with Crippen LogP contribution in [0.15, 0.2) is 83.0 Å². The van der Waals surface area contributed by atoms with Crippen molar-refractivity contribution < 1.29 is 45.4 Å². The number of nitrogens with one attached hydrogen (secondary N) is 4. The van der Waals surface area contributed by atoms with Crippen LogP contribution in [0.5, 0.6) is 11.5 Å². The number of alkyl halides is 6. The molecule has 2 atom stereocenters. The number of ether oxygens (including phenoxy) is 2. The second-order valence-corrected chi connectivity index (χ2v) is 23.7. The van der Waals surface area contributed by atoms with Gasteiger partial charge in [0.2, 0.25) is 0 Å². The number of halogens is 6. The molecule has 4 N–H and O–H groups in total. The molecule has 1 saturated carbocycles. The zero-order valence-electron chi connectivity index (χ0n) is 44.8. The number of amides is 4. The molecule has 0 saturated heterocycles. The maximum absolute atomic E-state index is 16.0. The Kier molecular flexibility index (Phi) is 22.8. The van der Waals surface area contributed by atoms with Crippen LogP contribution in [0.25, 0.3) is 9.81 Å². The number of benzene rings is 2. The molecule has 2 aromatic carbocycles. The van der Waals surface area contributed by atoms with Gasteiger partial charge in [0.05, 0.1) is 22.7 Å². The van der Waals surface area contributed by atoms with Crippen molar-refractivity contribution in [2.75, 3.05) is 39.4 Å². The predicted octanol–water partition coefficient (Wildman–Crippen LogP) is 16.6. The van der Waals surface area contributed by atoms with Crippen molar-refractivity contribution in [3.8, 4) is 11.5 Å². The number of fused-ring (bicyclic) bond motifs is 4.